The van der Waals surface area contributed by atoms with E-state index in [-0.39, 0.29) is 12.8 Å². The molecule has 2 aromatic carbocycles. The van der Waals surface area contributed by atoms with Crippen LogP contribution in [0, 0.1) is 11.3 Å². The molecule has 1 fully saturated rings. The van der Waals surface area contributed by atoms with Gasteiger partial charge in [0, 0.05) is 17.0 Å². The summed E-state index contributed by atoms with van der Waals surface area (Å²) in [5, 5.41) is 9.64. The summed E-state index contributed by atoms with van der Waals surface area (Å²) in [4.78, 5) is 64.1. The first-order chi connectivity index (χ1) is 18.4. The topological polar surface area (TPSA) is 135 Å². The van der Waals surface area contributed by atoms with E-state index in [4.69, 9.17) is 0 Å². The molecule has 1 saturated carbocycles. The summed E-state index contributed by atoms with van der Waals surface area (Å²) < 4.78 is 13.3. The zero-order valence-corrected chi connectivity index (χ0v) is 23.3. The van der Waals surface area contributed by atoms with E-state index in [0.29, 0.717) is 24.9 Å². The lowest BCUT2D eigenvalue weighted by atomic mass is 9.83. The molecule has 39 heavy (non-hydrogen) atoms. The number of benzene rings is 2. The van der Waals surface area contributed by atoms with Crippen molar-refractivity contribution in [3.63, 3.8) is 0 Å². The molecule has 2 aromatic rings. The van der Waals surface area contributed by atoms with Crippen LogP contribution in [0.2, 0.25) is 0 Å². The molecule has 3 N–H and O–H groups in total. The molecule has 2 atom stereocenters. The van der Waals surface area contributed by atoms with Crippen molar-refractivity contribution in [1.82, 2.24) is 4.90 Å². The molecule has 1 heterocycles. The average Bonchev–Trinajstić information content (AvgIpc) is 3.37. The molecular formula is C29H37N2O7P. The molecule has 2 amide bonds. The number of anilines is 1. The normalized spacial score (nSPS) is 19.3. The molecule has 0 radical (unpaired) electrons. The predicted molar refractivity (Wildman–Crippen MR) is 147 cm³/mol. The van der Waals surface area contributed by atoms with Crippen LogP contribution in [0.3, 0.4) is 0 Å². The van der Waals surface area contributed by atoms with Crippen LogP contribution in [0.25, 0.3) is 0 Å². The molecule has 0 spiro atoms. The number of hydrogen-bond acceptors (Lipinski definition) is 4. The van der Waals surface area contributed by atoms with Gasteiger partial charge in [-0.1, -0.05) is 75.2 Å². The molecule has 0 aromatic heterocycles. The van der Waals surface area contributed by atoms with Crippen LogP contribution < -0.4 is 4.90 Å². The molecule has 0 saturated heterocycles. The van der Waals surface area contributed by atoms with Crippen LogP contribution in [0.1, 0.15) is 57.1 Å². The third-order valence-electron chi connectivity index (χ3n) is 7.89. The van der Waals surface area contributed by atoms with Gasteiger partial charge in [-0.2, -0.15) is 0 Å². The number of carbonyl (C=O) groups excluding carboxylic acids is 2. The molecule has 1 aliphatic heterocycles. The Bertz CT molecular complexity index is 1250. The van der Waals surface area contributed by atoms with Gasteiger partial charge in [-0.15, -0.1) is 0 Å². The number of nitrogens with zero attached hydrogens (tertiary/aromatic N) is 2. The minimum atomic E-state index is -4.99. The van der Waals surface area contributed by atoms with E-state index < -0.39 is 55.1 Å². The van der Waals surface area contributed by atoms with E-state index in [1.165, 1.54) is 4.90 Å². The van der Waals surface area contributed by atoms with Gasteiger partial charge in [0.2, 0.25) is 11.8 Å². The summed E-state index contributed by atoms with van der Waals surface area (Å²) in [6.45, 7) is 2.80. The predicted octanol–water partition coefficient (Wildman–Crippen LogP) is 4.21. The third kappa shape index (κ3) is 6.43. The maximum absolute atomic E-state index is 14.2. The average molecular weight is 557 g/mol. The van der Waals surface area contributed by atoms with Crippen molar-refractivity contribution in [2.45, 2.75) is 70.6 Å². The Hall–Kier alpha value is -3.00. The van der Waals surface area contributed by atoms with Gasteiger partial charge in [0.1, 0.15) is 18.4 Å². The Labute approximate surface area is 229 Å². The minimum absolute atomic E-state index is 0.127. The number of carbonyl (C=O) groups is 3. The highest BCUT2D eigenvalue weighted by molar-refractivity contribution is 7.52. The van der Waals surface area contributed by atoms with Crippen molar-refractivity contribution < 1.29 is 33.8 Å². The lowest BCUT2D eigenvalue weighted by Crippen LogP contribution is -2.59. The van der Waals surface area contributed by atoms with Crippen LogP contribution in [0.15, 0.2) is 54.6 Å². The lowest BCUT2D eigenvalue weighted by molar-refractivity contribution is -0.147. The van der Waals surface area contributed by atoms with Crippen molar-refractivity contribution in [3.05, 3.63) is 65.7 Å². The highest BCUT2D eigenvalue weighted by Crippen LogP contribution is 2.54. The maximum Gasteiger partial charge on any atom is 0.348 e. The van der Waals surface area contributed by atoms with Crippen LogP contribution in [-0.4, -0.2) is 55.9 Å². The van der Waals surface area contributed by atoms with E-state index in [1.54, 1.807) is 32.0 Å². The molecule has 0 bridgehead atoms. The fourth-order valence-electron chi connectivity index (χ4n) is 6.29. The van der Waals surface area contributed by atoms with Crippen LogP contribution in [-0.2, 0) is 31.8 Å². The van der Waals surface area contributed by atoms with Crippen LogP contribution in [0.5, 0.6) is 0 Å². The molecule has 10 heteroatoms. The Morgan fingerprint density at radius 2 is 1.64 bits per heavy atom. The summed E-state index contributed by atoms with van der Waals surface area (Å²) in [5.74, 6) is -4.33. The lowest BCUT2D eigenvalue weighted by Gasteiger charge is -2.46. The quantitative estimate of drug-likeness (QED) is 0.394. The number of aliphatic carboxylic acids is 1. The number of hydrogen-bond donors (Lipinski definition) is 3. The smallest absolute Gasteiger partial charge is 0.348 e. The largest absolute Gasteiger partial charge is 0.480 e. The fraction of sp³-hybridized carbons (Fsp3) is 0.483. The first kappa shape index (κ1) is 29.0. The standard InChI is InChI=1S/C29H37N2O7P/c1-29(2,18-20-10-4-3-5-11-20)28(39(36,37)38)31(26(34)22-13-6-7-14-22)24-17-16-21-12-8-9-15-23(21)30(27(24)35)19-25(32)33/h3-5,8-12,15,22,24,28H,6-7,13-14,16-19H2,1-2H3,(H,32,33)(H2,36,37,38)/t24-,28?/m0/s1. The van der Waals surface area contributed by atoms with Crippen LogP contribution in [0.4, 0.5) is 5.69 Å². The fourth-order valence-corrected chi connectivity index (χ4v) is 7.89. The van der Waals surface area contributed by atoms with Gasteiger partial charge in [0.05, 0.1) is 0 Å². The highest BCUT2D eigenvalue weighted by Gasteiger charge is 2.53. The summed E-state index contributed by atoms with van der Waals surface area (Å²) >= 11 is 0. The van der Waals surface area contributed by atoms with Gasteiger partial charge >= 0.3 is 13.6 Å². The molecular weight excluding hydrogens is 519 g/mol. The Balaban J connectivity index is 1.84. The molecule has 210 valence electrons. The van der Waals surface area contributed by atoms with E-state index in [2.05, 4.69) is 0 Å². The monoisotopic (exact) mass is 556 g/mol. The number of carboxylic acid groups (broad SMARTS) is 1. The van der Waals surface area contributed by atoms with Crippen molar-refractivity contribution in [2.75, 3.05) is 11.4 Å². The van der Waals surface area contributed by atoms with E-state index >= 15 is 0 Å². The number of rotatable bonds is 9. The molecule has 9 nitrogen and oxygen atoms in total. The van der Waals surface area contributed by atoms with Gasteiger partial charge in [-0.25, -0.2) is 0 Å². The minimum Gasteiger partial charge on any atom is -0.480 e. The van der Waals surface area contributed by atoms with Crippen molar-refractivity contribution in [3.8, 4) is 0 Å². The number of fused-ring (bicyclic) bond motifs is 1. The van der Waals surface area contributed by atoms with E-state index in [1.807, 2.05) is 36.4 Å². The Morgan fingerprint density at radius 3 is 2.26 bits per heavy atom. The second kappa shape index (κ2) is 11.6. The number of aryl methyl sites for hydroxylation is 1. The Kier molecular flexibility index (Phi) is 8.64. The van der Waals surface area contributed by atoms with Crippen molar-refractivity contribution in [2.24, 2.45) is 11.3 Å². The molecule has 4 rings (SSSR count). The third-order valence-corrected chi connectivity index (χ3v) is 9.48. The Morgan fingerprint density at radius 1 is 1.03 bits per heavy atom. The van der Waals surface area contributed by atoms with Gasteiger partial charge in [-0.3, -0.25) is 23.8 Å². The number of para-hydroxylation sites is 1. The van der Waals surface area contributed by atoms with Crippen molar-refractivity contribution >= 4 is 31.1 Å². The first-order valence-corrected chi connectivity index (χ1v) is 15.1. The highest BCUT2D eigenvalue weighted by atomic mass is 31.2. The molecule has 2 aliphatic rings. The molecule has 1 unspecified atom stereocenters. The van der Waals surface area contributed by atoms with E-state index in [0.717, 1.165) is 28.9 Å². The van der Waals surface area contributed by atoms with Gasteiger partial charge in [0.25, 0.3) is 0 Å². The second-order valence-corrected chi connectivity index (χ2v) is 13.0. The maximum atomic E-state index is 14.2. The van der Waals surface area contributed by atoms with Gasteiger partial charge in [0.15, 0.2) is 0 Å². The summed E-state index contributed by atoms with van der Waals surface area (Å²) in [6.07, 6.45) is 3.57. The van der Waals surface area contributed by atoms with Crippen molar-refractivity contribution in [1.29, 1.82) is 0 Å². The zero-order valence-electron chi connectivity index (χ0n) is 22.4. The van der Waals surface area contributed by atoms with Gasteiger partial charge < -0.3 is 19.8 Å². The zero-order chi connectivity index (χ0) is 28.4. The second-order valence-electron chi connectivity index (χ2n) is 11.3. The van der Waals surface area contributed by atoms with Crippen LogP contribution >= 0.6 is 7.60 Å². The summed E-state index contributed by atoms with van der Waals surface area (Å²) in [5.41, 5.74) is 0.920. The first-order valence-electron chi connectivity index (χ1n) is 13.4. The summed E-state index contributed by atoms with van der Waals surface area (Å²) in [7, 11) is -4.99. The number of amides is 2. The van der Waals surface area contributed by atoms with E-state index in [9.17, 15) is 33.8 Å². The summed E-state index contributed by atoms with van der Waals surface area (Å²) in [6, 6.07) is 15.0. The number of carboxylic acids is 1. The SMILES string of the molecule is CC(C)(Cc1ccccc1)C(N(C(=O)C1CCCC1)[C@H]1CCc2ccccc2N(CC(=O)O)C1=O)P(=O)(O)O. The van der Waals surface area contributed by atoms with Gasteiger partial charge in [-0.05, 0) is 49.3 Å². The molecule has 1 aliphatic carbocycles.